The first-order valence-corrected chi connectivity index (χ1v) is 35.3. The molecule has 1 N–H and O–H groups in total. The first-order valence-electron chi connectivity index (χ1n) is 32.5. The highest BCUT2D eigenvalue weighted by Gasteiger charge is 2.64. The summed E-state index contributed by atoms with van der Waals surface area (Å²) in [6.45, 7) is 27.2. The van der Waals surface area contributed by atoms with Gasteiger partial charge in [-0.25, -0.2) is 8.42 Å². The molecule has 0 amide bonds. The molecule has 4 bridgehead atoms. The lowest BCUT2D eigenvalue weighted by molar-refractivity contribution is -0.239. The van der Waals surface area contributed by atoms with E-state index in [4.69, 9.17) is 19.3 Å². The molecule has 4 atom stereocenters. The summed E-state index contributed by atoms with van der Waals surface area (Å²) < 4.78 is 97.1. The number of alkyl halides is 3. The van der Waals surface area contributed by atoms with Crippen LogP contribution in [0.4, 0.5) is 13.2 Å². The summed E-state index contributed by atoms with van der Waals surface area (Å²) in [4.78, 5) is 55.0. The first-order chi connectivity index (χ1) is 42.9. The summed E-state index contributed by atoms with van der Waals surface area (Å²) in [5.41, 5.74) is -2.35. The van der Waals surface area contributed by atoms with Crippen LogP contribution in [0.3, 0.4) is 0 Å². The molecule has 0 radical (unpaired) electrons. The van der Waals surface area contributed by atoms with Crippen molar-refractivity contribution in [1.82, 2.24) is 4.98 Å². The number of esters is 4. The maximum absolute atomic E-state index is 13.3. The van der Waals surface area contributed by atoms with Crippen LogP contribution in [0.25, 0.3) is 25.1 Å². The standard InChI is InChI=1S/C20H29F3O7S.C18H13S.C14H21NO2.C12H22O2.C10H14O/c1-4-17(2,3)15(24)30-19-8-12-5-13(9-19)7-18(6-12,11-19)16(25)29-14(20(21,22)23)10-31(26,27)28;1-2-8-14(9-3-1)19-17-12-6-4-10-15(17)16-11-5-7-13-18(16)19;1-6-13(2,3)12(16)17-14(4,5)11-8-7-9-15-10-11;1-5-11(2,3)10(13)14-12(4)8-6-7-9-12;1-3-8(2)9-4-6-10(11)7-5-9/h12-14H,4-11H2,1-3H3,(H,26,27,28);1-13H;7-10H,6H2,1-5H3;5-9H2,1-4H3;4-8,11H,3H2,1-2H3/q;+1;;;/p-1. The molecule has 2 aromatic heterocycles. The Bertz CT molecular complexity index is 3470. The molecule has 92 heavy (non-hydrogen) atoms. The van der Waals surface area contributed by atoms with E-state index in [-0.39, 0.29) is 51.7 Å². The number of phenols is 1. The Morgan fingerprint density at radius 1 is 0.674 bits per heavy atom. The van der Waals surface area contributed by atoms with Gasteiger partial charge in [-0.05, 0) is 224 Å². The highest BCUT2D eigenvalue weighted by Crippen LogP contribution is 2.64. The number of hydrogen-bond acceptors (Lipinski definition) is 13. The second-order valence-electron chi connectivity index (χ2n) is 28.4. The van der Waals surface area contributed by atoms with E-state index in [1.54, 1.807) is 38.4 Å². The molecule has 6 aromatic rings. The van der Waals surface area contributed by atoms with Crippen LogP contribution in [0.1, 0.15) is 204 Å². The lowest BCUT2D eigenvalue weighted by atomic mass is 9.48. The molecule has 5 saturated carbocycles. The van der Waals surface area contributed by atoms with Crippen molar-refractivity contribution in [1.29, 1.82) is 0 Å². The number of fused-ring (bicyclic) bond motifs is 3. The summed E-state index contributed by atoms with van der Waals surface area (Å²) in [5.74, 6) is -2.71. The predicted molar refractivity (Wildman–Crippen MR) is 357 cm³/mol. The maximum Gasteiger partial charge on any atom is 0.426 e. The van der Waals surface area contributed by atoms with Gasteiger partial charge in [-0.1, -0.05) is 95.3 Å². The molecular weight excluding hydrogens is 1220 g/mol. The maximum atomic E-state index is 13.3. The fourth-order valence-corrected chi connectivity index (χ4v) is 15.4. The van der Waals surface area contributed by atoms with E-state index in [2.05, 4.69) is 109 Å². The van der Waals surface area contributed by atoms with Gasteiger partial charge in [-0.2, -0.15) is 13.2 Å². The third kappa shape index (κ3) is 19.4. The number of thiophene rings is 1. The topological polar surface area (TPSA) is 196 Å². The molecule has 5 aliphatic rings. The largest absolute Gasteiger partial charge is 0.748 e. The number of aromatic nitrogens is 1. The zero-order valence-corrected chi connectivity index (χ0v) is 58.0. The van der Waals surface area contributed by atoms with Crippen molar-refractivity contribution in [2.45, 2.75) is 222 Å². The summed E-state index contributed by atoms with van der Waals surface area (Å²) in [6.07, 6.45) is 5.46. The highest BCUT2D eigenvalue weighted by atomic mass is 32.2. The Labute approximate surface area is 546 Å². The number of benzene rings is 4. The summed E-state index contributed by atoms with van der Waals surface area (Å²) in [7, 11) is -5.21. The number of hydrogen-bond donors (Lipinski definition) is 1. The molecule has 2 heterocycles. The predicted octanol–water partition coefficient (Wildman–Crippen LogP) is 18.6. The quantitative estimate of drug-likeness (QED) is 0.0392. The third-order valence-corrected chi connectivity index (χ3v) is 22.3. The Morgan fingerprint density at radius 3 is 1.63 bits per heavy atom. The number of halogens is 3. The first kappa shape index (κ1) is 74.7. The van der Waals surface area contributed by atoms with E-state index in [9.17, 15) is 45.3 Å². The van der Waals surface area contributed by atoms with Crippen molar-refractivity contribution in [2.75, 3.05) is 5.75 Å². The van der Waals surface area contributed by atoms with E-state index < -0.39 is 67.5 Å². The number of nitrogens with zero attached hydrogens (tertiary/aromatic N) is 1. The minimum absolute atomic E-state index is 0.00100. The Kier molecular flexibility index (Phi) is 24.6. The van der Waals surface area contributed by atoms with Gasteiger partial charge < -0.3 is 28.6 Å². The number of aromatic hydroxyl groups is 1. The molecule has 5 fully saturated rings. The van der Waals surface area contributed by atoms with Crippen LogP contribution in [0.5, 0.6) is 5.75 Å². The Morgan fingerprint density at radius 2 is 1.16 bits per heavy atom. The molecule has 18 heteroatoms. The van der Waals surface area contributed by atoms with Crippen molar-refractivity contribution in [3.8, 4) is 10.6 Å². The molecule has 11 rings (SSSR count). The molecule has 0 saturated heterocycles. The molecule has 0 spiro atoms. The van der Waals surface area contributed by atoms with Gasteiger partial charge in [0.25, 0.3) is 0 Å². The van der Waals surface area contributed by atoms with E-state index in [1.807, 2.05) is 86.6 Å². The summed E-state index contributed by atoms with van der Waals surface area (Å²) >= 11 is 0. The number of rotatable bonds is 17. The highest BCUT2D eigenvalue weighted by molar-refractivity contribution is 7.85. The van der Waals surface area contributed by atoms with Gasteiger partial charge in [0, 0.05) is 45.6 Å². The normalized spacial score (nSPS) is 20.7. The van der Waals surface area contributed by atoms with Crippen LogP contribution in [0.2, 0.25) is 0 Å². The van der Waals surface area contributed by atoms with E-state index in [0.29, 0.717) is 43.8 Å². The molecule has 4 unspecified atom stereocenters. The van der Waals surface area contributed by atoms with E-state index >= 15 is 0 Å². The zero-order chi connectivity index (χ0) is 68.3. The van der Waals surface area contributed by atoms with Crippen molar-refractivity contribution in [3.05, 3.63) is 139 Å². The van der Waals surface area contributed by atoms with Gasteiger partial charge in [0.15, 0.2) is 14.3 Å². The second kappa shape index (κ2) is 30.4. The van der Waals surface area contributed by atoms with Crippen LogP contribution in [-0.4, -0.2) is 76.2 Å². The monoisotopic (exact) mass is 1310 g/mol. The van der Waals surface area contributed by atoms with Crippen LogP contribution >= 0.6 is 10.5 Å². The SMILES string of the molecule is CCC(C)(C)C(=O)OC(C)(C)c1cccnc1.CCC(C)(C)C(=O)OC1(C)CCCC1.CCC(C)(C)C(=O)OC12CC3CC(C1)CC(C(=O)OC(CS(=O)(=O)[O-])C(F)(F)F)(C3)C2.CCC(C)c1ccc(O)cc1.c1ccc(-[s+]2c3ccccc3c3ccccc32)cc1. The van der Waals surface area contributed by atoms with Crippen LogP contribution in [0.15, 0.2) is 128 Å². The van der Waals surface area contributed by atoms with E-state index in [1.165, 1.54) is 43.5 Å². The fourth-order valence-electron chi connectivity index (χ4n) is 12.4. The molecule has 13 nitrogen and oxygen atoms in total. The van der Waals surface area contributed by atoms with Crippen molar-refractivity contribution >= 4 is 64.6 Å². The van der Waals surface area contributed by atoms with Crippen LogP contribution in [0, 0.1) is 33.5 Å². The Hall–Kier alpha value is -6.37. The number of pyridine rings is 1. The smallest absolute Gasteiger partial charge is 0.426 e. The summed E-state index contributed by atoms with van der Waals surface area (Å²) in [6, 6.07) is 39.6. The second-order valence-corrected chi connectivity index (χ2v) is 31.8. The minimum Gasteiger partial charge on any atom is -0.748 e. The molecule has 4 aromatic carbocycles. The van der Waals surface area contributed by atoms with Crippen LogP contribution < -0.4 is 0 Å². The van der Waals surface area contributed by atoms with E-state index in [0.717, 1.165) is 44.1 Å². The fraction of sp³-hybridized carbons (Fsp3) is 0.554. The van der Waals surface area contributed by atoms with Crippen LogP contribution in [-0.2, 0) is 53.8 Å². The average molecular weight is 1310 g/mol. The number of carbonyl (C=O) groups is 4. The lowest BCUT2D eigenvalue weighted by Crippen LogP contribution is -2.61. The number of carbonyl (C=O) groups excluding carboxylic acids is 4. The van der Waals surface area contributed by atoms with Gasteiger partial charge in [0.1, 0.15) is 22.6 Å². The molecule has 0 aliphatic heterocycles. The molecule has 504 valence electrons. The Balaban J connectivity index is 0.000000192. The van der Waals surface area contributed by atoms with Gasteiger partial charge in [0.05, 0.1) is 37.5 Å². The molecular formula is C74H98F3NO12S2. The number of phenolic OH excluding ortho intramolecular Hbond substituents is 1. The minimum atomic E-state index is -5.27. The van der Waals surface area contributed by atoms with Gasteiger partial charge >= 0.3 is 30.1 Å². The third-order valence-electron chi connectivity index (χ3n) is 19.3. The van der Waals surface area contributed by atoms with Crippen molar-refractivity contribution in [2.24, 2.45) is 33.5 Å². The number of ether oxygens (including phenoxy) is 4. The van der Waals surface area contributed by atoms with Gasteiger partial charge in [-0.15, -0.1) is 0 Å². The van der Waals surface area contributed by atoms with Gasteiger partial charge in [0.2, 0.25) is 6.10 Å². The van der Waals surface area contributed by atoms with Crippen molar-refractivity contribution in [3.63, 3.8) is 0 Å². The summed E-state index contributed by atoms with van der Waals surface area (Å²) in [5, 5.41) is 11.8. The lowest BCUT2D eigenvalue weighted by Gasteiger charge is -2.60. The average Bonchev–Trinajstić information content (AvgIpc) is 0.739. The van der Waals surface area contributed by atoms with Crippen molar-refractivity contribution < 1.29 is 69.4 Å². The van der Waals surface area contributed by atoms with Gasteiger partial charge in [-0.3, -0.25) is 24.2 Å². The molecule has 5 aliphatic carbocycles. The zero-order valence-electron chi connectivity index (χ0n) is 56.4.